The Bertz CT molecular complexity index is 1150. The van der Waals surface area contributed by atoms with Crippen LogP contribution in [0.5, 0.6) is 5.75 Å². The van der Waals surface area contributed by atoms with Crippen molar-refractivity contribution in [1.29, 1.82) is 0 Å². The molecule has 0 aliphatic carbocycles. The third-order valence-corrected chi connectivity index (χ3v) is 6.05. The van der Waals surface area contributed by atoms with Gasteiger partial charge in [0.2, 0.25) is 0 Å². The van der Waals surface area contributed by atoms with Crippen LogP contribution in [0, 0.1) is 6.92 Å². The van der Waals surface area contributed by atoms with Crippen molar-refractivity contribution in [2.45, 2.75) is 11.8 Å². The number of nitrogens with one attached hydrogen (secondary N) is 3. The van der Waals surface area contributed by atoms with Crippen LogP contribution in [-0.4, -0.2) is 20.6 Å². The lowest BCUT2D eigenvalue weighted by Gasteiger charge is -2.15. The summed E-state index contributed by atoms with van der Waals surface area (Å²) in [5, 5.41) is 6.97. The van der Waals surface area contributed by atoms with Crippen molar-refractivity contribution < 1.29 is 13.2 Å². The fourth-order valence-electron chi connectivity index (χ4n) is 2.59. The van der Waals surface area contributed by atoms with Gasteiger partial charge in [-0.1, -0.05) is 17.7 Å². The van der Waals surface area contributed by atoms with E-state index in [1.165, 1.54) is 6.07 Å². The Morgan fingerprint density at radius 1 is 0.933 bits per heavy atom. The molecule has 0 saturated heterocycles. The number of methoxy groups -OCH3 is 1. The average Bonchev–Trinajstić information content (AvgIpc) is 2.71. The van der Waals surface area contributed by atoms with Crippen molar-refractivity contribution >= 4 is 56.0 Å². The predicted molar refractivity (Wildman–Crippen MR) is 126 cm³/mol. The summed E-state index contributed by atoms with van der Waals surface area (Å²) >= 11 is 11.2. The van der Waals surface area contributed by atoms with E-state index in [9.17, 15) is 8.42 Å². The van der Waals surface area contributed by atoms with Gasteiger partial charge in [0.05, 0.1) is 12.0 Å². The van der Waals surface area contributed by atoms with Crippen LogP contribution in [0.25, 0.3) is 0 Å². The van der Waals surface area contributed by atoms with E-state index in [-0.39, 0.29) is 4.90 Å². The van der Waals surface area contributed by atoms with Crippen LogP contribution in [0.3, 0.4) is 0 Å². The zero-order valence-electron chi connectivity index (χ0n) is 16.3. The van der Waals surface area contributed by atoms with Crippen LogP contribution in [0.2, 0.25) is 5.02 Å². The monoisotopic (exact) mass is 461 g/mol. The lowest BCUT2D eigenvalue weighted by atomic mass is 10.2. The van der Waals surface area contributed by atoms with Crippen LogP contribution in [0.15, 0.2) is 71.6 Å². The third-order valence-electron chi connectivity index (χ3n) is 4.21. The third kappa shape index (κ3) is 5.63. The summed E-state index contributed by atoms with van der Waals surface area (Å²) in [6.07, 6.45) is 0. The second-order valence-corrected chi connectivity index (χ2v) is 8.92. The van der Waals surface area contributed by atoms with Crippen molar-refractivity contribution in [3.05, 3.63) is 77.3 Å². The van der Waals surface area contributed by atoms with Gasteiger partial charge in [0.1, 0.15) is 5.75 Å². The predicted octanol–water partition coefficient (Wildman–Crippen LogP) is 5.27. The molecule has 3 rings (SSSR count). The Balaban J connectivity index is 1.75. The highest BCUT2D eigenvalue weighted by molar-refractivity contribution is 7.92. The zero-order valence-corrected chi connectivity index (χ0v) is 18.7. The second-order valence-electron chi connectivity index (χ2n) is 6.40. The van der Waals surface area contributed by atoms with Crippen LogP contribution in [0.1, 0.15) is 5.56 Å². The van der Waals surface area contributed by atoms with Crippen LogP contribution in [0.4, 0.5) is 17.1 Å². The molecule has 9 heteroatoms. The number of ether oxygens (including phenoxy) is 1. The van der Waals surface area contributed by atoms with Crippen molar-refractivity contribution in [3.63, 3.8) is 0 Å². The number of sulfonamides is 1. The molecular formula is C21H20ClN3O3S2. The molecule has 3 aromatic rings. The molecule has 0 radical (unpaired) electrons. The van der Waals surface area contributed by atoms with Gasteiger partial charge in [0.15, 0.2) is 5.11 Å². The summed E-state index contributed by atoms with van der Waals surface area (Å²) in [5.74, 6) is 0.737. The standard InChI is InChI=1S/C21H20ClN3O3S2/c1-14-3-12-19(30(26,27)25-17-6-4-15(22)5-7-17)13-20(14)24-21(29)23-16-8-10-18(28-2)11-9-16/h3-13,25H,1-2H3,(H2,23,24,29). The molecule has 3 N–H and O–H groups in total. The Kier molecular flexibility index (Phi) is 6.81. The van der Waals surface area contributed by atoms with Gasteiger partial charge in [-0.25, -0.2) is 8.42 Å². The molecular weight excluding hydrogens is 442 g/mol. The number of hydrogen-bond donors (Lipinski definition) is 3. The first kappa shape index (κ1) is 21.9. The second kappa shape index (κ2) is 9.34. The van der Waals surface area contributed by atoms with E-state index in [4.69, 9.17) is 28.6 Å². The molecule has 0 spiro atoms. The quantitative estimate of drug-likeness (QED) is 0.434. The number of thiocarbonyl (C=S) groups is 1. The number of halogens is 1. The number of hydrogen-bond acceptors (Lipinski definition) is 4. The summed E-state index contributed by atoms with van der Waals surface area (Å²) < 4.78 is 33.2. The number of anilines is 3. The van der Waals surface area contributed by atoms with E-state index < -0.39 is 10.0 Å². The minimum atomic E-state index is -3.78. The number of aryl methyl sites for hydroxylation is 1. The average molecular weight is 462 g/mol. The van der Waals surface area contributed by atoms with Gasteiger partial charge in [-0.2, -0.15) is 0 Å². The zero-order chi connectivity index (χ0) is 21.7. The highest BCUT2D eigenvalue weighted by Gasteiger charge is 2.16. The molecule has 0 bridgehead atoms. The molecule has 0 aromatic heterocycles. The van der Waals surface area contributed by atoms with Crippen LogP contribution >= 0.6 is 23.8 Å². The first-order valence-corrected chi connectivity index (χ1v) is 11.1. The summed E-state index contributed by atoms with van der Waals surface area (Å²) in [7, 11) is -2.18. The summed E-state index contributed by atoms with van der Waals surface area (Å²) in [6, 6.07) is 18.5. The van der Waals surface area contributed by atoms with Crippen molar-refractivity contribution in [2.75, 3.05) is 22.5 Å². The fraction of sp³-hybridized carbons (Fsp3) is 0.0952. The van der Waals surface area contributed by atoms with Gasteiger partial charge < -0.3 is 15.4 Å². The maximum Gasteiger partial charge on any atom is 0.261 e. The molecule has 0 heterocycles. The van der Waals surface area contributed by atoms with E-state index in [1.54, 1.807) is 43.5 Å². The van der Waals surface area contributed by atoms with E-state index in [2.05, 4.69) is 15.4 Å². The largest absolute Gasteiger partial charge is 0.497 e. The Morgan fingerprint density at radius 2 is 1.57 bits per heavy atom. The molecule has 30 heavy (non-hydrogen) atoms. The molecule has 0 unspecified atom stereocenters. The Morgan fingerprint density at radius 3 is 2.20 bits per heavy atom. The highest BCUT2D eigenvalue weighted by atomic mass is 35.5. The molecule has 0 atom stereocenters. The van der Waals surface area contributed by atoms with Gasteiger partial charge in [-0.3, -0.25) is 4.72 Å². The summed E-state index contributed by atoms with van der Waals surface area (Å²) in [5.41, 5.74) is 2.63. The molecule has 156 valence electrons. The minimum absolute atomic E-state index is 0.109. The lowest BCUT2D eigenvalue weighted by molar-refractivity contribution is 0.415. The minimum Gasteiger partial charge on any atom is -0.497 e. The lowest BCUT2D eigenvalue weighted by Crippen LogP contribution is -2.20. The van der Waals surface area contributed by atoms with Crippen LogP contribution < -0.4 is 20.1 Å². The van der Waals surface area contributed by atoms with Crippen LogP contribution in [-0.2, 0) is 10.0 Å². The van der Waals surface area contributed by atoms with Gasteiger partial charge in [-0.05, 0) is 85.4 Å². The van der Waals surface area contributed by atoms with E-state index in [0.29, 0.717) is 21.5 Å². The fourth-order valence-corrected chi connectivity index (χ4v) is 4.03. The van der Waals surface area contributed by atoms with Crippen molar-refractivity contribution in [3.8, 4) is 5.75 Å². The molecule has 0 amide bonds. The normalized spacial score (nSPS) is 10.9. The molecule has 0 aliphatic rings. The Hall–Kier alpha value is -2.81. The first-order chi connectivity index (χ1) is 14.3. The van der Waals surface area contributed by atoms with Gasteiger partial charge >= 0.3 is 0 Å². The van der Waals surface area contributed by atoms with Gasteiger partial charge in [0, 0.05) is 22.1 Å². The van der Waals surface area contributed by atoms with Crippen molar-refractivity contribution in [1.82, 2.24) is 0 Å². The smallest absolute Gasteiger partial charge is 0.261 e. The van der Waals surface area contributed by atoms with E-state index >= 15 is 0 Å². The molecule has 6 nitrogen and oxygen atoms in total. The van der Waals surface area contributed by atoms with E-state index in [1.807, 2.05) is 31.2 Å². The maximum absolute atomic E-state index is 12.8. The summed E-state index contributed by atoms with van der Waals surface area (Å²) in [6.45, 7) is 1.86. The Labute approximate surface area is 186 Å². The number of benzene rings is 3. The molecule has 3 aromatic carbocycles. The maximum atomic E-state index is 12.8. The highest BCUT2D eigenvalue weighted by Crippen LogP contribution is 2.24. The summed E-state index contributed by atoms with van der Waals surface area (Å²) in [4.78, 5) is 0.109. The van der Waals surface area contributed by atoms with Gasteiger partial charge in [-0.15, -0.1) is 0 Å². The van der Waals surface area contributed by atoms with E-state index in [0.717, 1.165) is 17.0 Å². The molecule has 0 saturated carbocycles. The number of rotatable bonds is 6. The SMILES string of the molecule is COc1ccc(NC(=S)Nc2cc(S(=O)(=O)Nc3ccc(Cl)cc3)ccc2C)cc1. The first-order valence-electron chi connectivity index (χ1n) is 8.88. The topological polar surface area (TPSA) is 79.5 Å². The molecule has 0 fully saturated rings. The van der Waals surface area contributed by atoms with Gasteiger partial charge in [0.25, 0.3) is 10.0 Å². The van der Waals surface area contributed by atoms with Crippen molar-refractivity contribution in [2.24, 2.45) is 0 Å². The molecule has 0 aliphatic heterocycles.